The third-order valence-corrected chi connectivity index (χ3v) is 2.96. The van der Waals surface area contributed by atoms with Gasteiger partial charge in [0.25, 0.3) is 0 Å². The third kappa shape index (κ3) is 1.01. The quantitative estimate of drug-likeness (QED) is 0.612. The number of thiophene rings is 1. The highest BCUT2D eigenvalue weighted by molar-refractivity contribution is 7.17. The first-order valence-corrected chi connectivity index (χ1v) is 4.46. The third-order valence-electron chi connectivity index (χ3n) is 1.58. The van der Waals surface area contributed by atoms with Crippen molar-refractivity contribution >= 4 is 33.0 Å². The normalized spacial score (nSPS) is 10.9. The molecule has 0 atom stereocenters. The Labute approximate surface area is 76.4 Å². The molecule has 0 aliphatic rings. The monoisotopic (exact) mass is 204 g/mol. The van der Waals surface area contributed by atoms with Gasteiger partial charge in [0.15, 0.2) is 11.6 Å². The van der Waals surface area contributed by atoms with Gasteiger partial charge >= 0.3 is 0 Å². The maximum atomic E-state index is 13.0. The number of hydrogen-bond acceptors (Lipinski definition) is 1. The molecule has 1 aromatic carbocycles. The molecule has 0 N–H and O–H groups in total. The Hall–Kier alpha value is -0.670. The van der Waals surface area contributed by atoms with Crippen molar-refractivity contribution in [3.05, 3.63) is 34.2 Å². The molecule has 1 heterocycles. The number of hydrogen-bond donors (Lipinski definition) is 0. The van der Waals surface area contributed by atoms with Crippen LogP contribution in [0.5, 0.6) is 0 Å². The van der Waals surface area contributed by atoms with Crippen molar-refractivity contribution in [2.45, 2.75) is 0 Å². The summed E-state index contributed by atoms with van der Waals surface area (Å²) in [6.45, 7) is 0. The van der Waals surface area contributed by atoms with Gasteiger partial charge in [-0.2, -0.15) is 0 Å². The lowest BCUT2D eigenvalue weighted by Gasteiger charge is -1.94. The standard InChI is InChI=1S/C8H3ClF2S/c9-4-3-12-6-2-1-5(10)8(11)7(4)6/h1-3H. The fourth-order valence-corrected chi connectivity index (χ4v) is 2.21. The molecule has 1 aromatic heterocycles. The lowest BCUT2D eigenvalue weighted by molar-refractivity contribution is 0.517. The van der Waals surface area contributed by atoms with E-state index in [0.717, 1.165) is 6.07 Å². The first-order valence-electron chi connectivity index (χ1n) is 3.21. The van der Waals surface area contributed by atoms with E-state index >= 15 is 0 Å². The second-order valence-corrected chi connectivity index (χ2v) is 3.64. The molecule has 2 rings (SSSR count). The van der Waals surface area contributed by atoms with Gasteiger partial charge in [0.2, 0.25) is 0 Å². The van der Waals surface area contributed by atoms with Gasteiger partial charge in [-0.05, 0) is 12.1 Å². The maximum absolute atomic E-state index is 13.0. The van der Waals surface area contributed by atoms with E-state index in [0.29, 0.717) is 4.70 Å². The molecule has 2 aromatic rings. The van der Waals surface area contributed by atoms with Gasteiger partial charge in [0, 0.05) is 15.5 Å². The van der Waals surface area contributed by atoms with E-state index in [-0.39, 0.29) is 10.4 Å². The van der Waals surface area contributed by atoms with Crippen LogP contribution in [0, 0.1) is 11.6 Å². The Bertz CT molecular complexity index is 436. The summed E-state index contributed by atoms with van der Waals surface area (Å²) < 4.78 is 26.4. The van der Waals surface area contributed by atoms with Crippen LogP contribution < -0.4 is 0 Å². The van der Waals surface area contributed by atoms with Gasteiger partial charge in [-0.3, -0.25) is 0 Å². The molecule has 0 nitrogen and oxygen atoms in total. The second-order valence-electron chi connectivity index (χ2n) is 2.32. The molecule has 12 heavy (non-hydrogen) atoms. The maximum Gasteiger partial charge on any atom is 0.168 e. The van der Waals surface area contributed by atoms with Crippen LogP contribution in [0.15, 0.2) is 17.5 Å². The van der Waals surface area contributed by atoms with Crippen molar-refractivity contribution in [2.24, 2.45) is 0 Å². The molecule has 0 saturated heterocycles. The zero-order chi connectivity index (χ0) is 8.72. The molecule has 0 amide bonds. The molecule has 0 aliphatic carbocycles. The van der Waals surface area contributed by atoms with Crippen LogP contribution in [-0.4, -0.2) is 0 Å². The molecule has 0 spiro atoms. The van der Waals surface area contributed by atoms with Crippen LogP contribution in [0.25, 0.3) is 10.1 Å². The average molecular weight is 205 g/mol. The predicted molar refractivity (Wildman–Crippen MR) is 46.8 cm³/mol. The number of halogens is 3. The Morgan fingerprint density at radius 1 is 1.25 bits per heavy atom. The molecule has 62 valence electrons. The predicted octanol–water partition coefficient (Wildman–Crippen LogP) is 3.83. The lowest BCUT2D eigenvalue weighted by Crippen LogP contribution is -1.82. The lowest BCUT2D eigenvalue weighted by atomic mass is 10.2. The molecule has 0 saturated carbocycles. The van der Waals surface area contributed by atoms with Crippen LogP contribution in [-0.2, 0) is 0 Å². The van der Waals surface area contributed by atoms with Crippen molar-refractivity contribution in [1.29, 1.82) is 0 Å². The molecule has 4 heteroatoms. The molecular weight excluding hydrogens is 202 g/mol. The number of rotatable bonds is 0. The topological polar surface area (TPSA) is 0 Å². The van der Waals surface area contributed by atoms with E-state index in [2.05, 4.69) is 0 Å². The SMILES string of the molecule is Fc1ccc2scc(Cl)c2c1F. The van der Waals surface area contributed by atoms with Crippen molar-refractivity contribution in [1.82, 2.24) is 0 Å². The van der Waals surface area contributed by atoms with Gasteiger partial charge in [-0.25, -0.2) is 8.78 Å². The van der Waals surface area contributed by atoms with E-state index in [1.807, 2.05) is 0 Å². The van der Waals surface area contributed by atoms with E-state index in [1.165, 1.54) is 17.4 Å². The van der Waals surface area contributed by atoms with Gasteiger partial charge in [0.1, 0.15) is 0 Å². The van der Waals surface area contributed by atoms with Crippen LogP contribution in [0.4, 0.5) is 8.78 Å². The Kier molecular flexibility index (Phi) is 1.77. The fraction of sp³-hybridized carbons (Fsp3) is 0. The highest BCUT2D eigenvalue weighted by atomic mass is 35.5. The highest BCUT2D eigenvalue weighted by Crippen LogP contribution is 2.32. The minimum atomic E-state index is -0.862. The summed E-state index contributed by atoms with van der Waals surface area (Å²) >= 11 is 6.95. The minimum Gasteiger partial charge on any atom is -0.204 e. The summed E-state index contributed by atoms with van der Waals surface area (Å²) in [4.78, 5) is 0. The fourth-order valence-electron chi connectivity index (χ4n) is 1.03. The highest BCUT2D eigenvalue weighted by Gasteiger charge is 2.11. The Morgan fingerprint density at radius 2 is 2.00 bits per heavy atom. The van der Waals surface area contributed by atoms with Crippen molar-refractivity contribution < 1.29 is 8.78 Å². The van der Waals surface area contributed by atoms with Crippen molar-refractivity contribution in [2.75, 3.05) is 0 Å². The Balaban J connectivity index is 2.96. The summed E-state index contributed by atoms with van der Waals surface area (Å²) in [7, 11) is 0. The summed E-state index contributed by atoms with van der Waals surface area (Å²) in [6, 6.07) is 2.62. The van der Waals surface area contributed by atoms with E-state index < -0.39 is 11.6 Å². The average Bonchev–Trinajstić information content (AvgIpc) is 2.41. The van der Waals surface area contributed by atoms with Crippen molar-refractivity contribution in [3.63, 3.8) is 0 Å². The van der Waals surface area contributed by atoms with Gasteiger partial charge in [-0.15, -0.1) is 11.3 Å². The van der Waals surface area contributed by atoms with Gasteiger partial charge < -0.3 is 0 Å². The number of benzene rings is 1. The van der Waals surface area contributed by atoms with E-state index in [9.17, 15) is 8.78 Å². The summed E-state index contributed by atoms with van der Waals surface area (Å²) in [5.41, 5.74) is 0. The summed E-state index contributed by atoms with van der Waals surface area (Å²) in [5.74, 6) is -1.72. The van der Waals surface area contributed by atoms with Crippen LogP contribution in [0.2, 0.25) is 5.02 Å². The molecule has 0 unspecified atom stereocenters. The summed E-state index contributed by atoms with van der Waals surface area (Å²) in [5, 5.41) is 2.04. The second kappa shape index (κ2) is 2.68. The first-order chi connectivity index (χ1) is 5.70. The van der Waals surface area contributed by atoms with Crippen LogP contribution in [0.3, 0.4) is 0 Å². The number of fused-ring (bicyclic) bond motifs is 1. The van der Waals surface area contributed by atoms with Gasteiger partial charge in [-0.1, -0.05) is 11.6 Å². The molecule has 0 fully saturated rings. The largest absolute Gasteiger partial charge is 0.204 e. The smallest absolute Gasteiger partial charge is 0.168 e. The minimum absolute atomic E-state index is 0.182. The van der Waals surface area contributed by atoms with Gasteiger partial charge in [0.05, 0.1) is 5.02 Å². The van der Waals surface area contributed by atoms with Crippen LogP contribution in [0.1, 0.15) is 0 Å². The van der Waals surface area contributed by atoms with Crippen molar-refractivity contribution in [3.8, 4) is 0 Å². The zero-order valence-electron chi connectivity index (χ0n) is 5.77. The van der Waals surface area contributed by atoms with E-state index in [1.54, 1.807) is 5.38 Å². The Morgan fingerprint density at radius 3 is 2.75 bits per heavy atom. The van der Waals surface area contributed by atoms with Crippen LogP contribution >= 0.6 is 22.9 Å². The summed E-state index contributed by atoms with van der Waals surface area (Å²) in [6.07, 6.45) is 0. The molecule has 0 aliphatic heterocycles. The van der Waals surface area contributed by atoms with E-state index in [4.69, 9.17) is 11.6 Å². The molecule has 0 radical (unpaired) electrons. The zero-order valence-corrected chi connectivity index (χ0v) is 7.35. The molecule has 0 bridgehead atoms. The molecular formula is C8H3ClF2S. The first kappa shape index (κ1) is 7.95.